The maximum atomic E-state index is 12.6. The third-order valence-corrected chi connectivity index (χ3v) is 4.01. The molecule has 2 aromatic rings. The highest BCUT2D eigenvalue weighted by atomic mass is 35.5. The molecule has 0 aliphatic carbocycles. The quantitative estimate of drug-likeness (QED) is 0.616. The fourth-order valence-corrected chi connectivity index (χ4v) is 2.65. The molecule has 0 saturated carbocycles. The molecule has 2 aromatic carbocycles. The number of rotatable bonds is 6. The second-order valence-electron chi connectivity index (χ2n) is 5.84. The molecule has 2 rings (SSSR count). The van der Waals surface area contributed by atoms with Crippen LogP contribution in [0.5, 0.6) is 5.75 Å². The van der Waals surface area contributed by atoms with E-state index in [1.807, 2.05) is 44.2 Å². The van der Waals surface area contributed by atoms with Crippen molar-refractivity contribution in [1.29, 1.82) is 0 Å². The van der Waals surface area contributed by atoms with Crippen LogP contribution in [0.25, 0.3) is 0 Å². The van der Waals surface area contributed by atoms with Gasteiger partial charge in [0.15, 0.2) is 6.61 Å². The third kappa shape index (κ3) is 4.46. The van der Waals surface area contributed by atoms with Crippen LogP contribution in [0.2, 0.25) is 5.02 Å². The van der Waals surface area contributed by atoms with E-state index < -0.39 is 12.6 Å². The summed E-state index contributed by atoms with van der Waals surface area (Å²) in [6, 6.07) is 11.9. The molecule has 0 spiro atoms. The molecule has 138 valence electrons. The van der Waals surface area contributed by atoms with E-state index in [0.717, 1.165) is 5.69 Å². The van der Waals surface area contributed by atoms with Gasteiger partial charge in [-0.15, -0.1) is 0 Å². The molecule has 0 heterocycles. The highest BCUT2D eigenvalue weighted by molar-refractivity contribution is 6.33. The number of halogens is 1. The molecule has 6 nitrogen and oxygen atoms in total. The molecule has 2 N–H and O–H groups in total. The molecule has 0 fully saturated rings. The summed E-state index contributed by atoms with van der Waals surface area (Å²) in [6.45, 7) is 3.36. The molecule has 0 aliphatic heterocycles. The van der Waals surface area contributed by atoms with Crippen molar-refractivity contribution < 1.29 is 19.1 Å². The van der Waals surface area contributed by atoms with Crippen molar-refractivity contribution in [2.75, 3.05) is 24.4 Å². The van der Waals surface area contributed by atoms with Crippen molar-refractivity contribution in [2.24, 2.45) is 0 Å². The van der Waals surface area contributed by atoms with Crippen molar-refractivity contribution in [3.63, 3.8) is 0 Å². The number of ether oxygens (including phenoxy) is 2. The second kappa shape index (κ2) is 8.58. The molecular weight excluding hydrogens is 356 g/mol. The van der Waals surface area contributed by atoms with E-state index in [1.54, 1.807) is 4.90 Å². The average molecular weight is 377 g/mol. The number of carbonyl (C=O) groups is 2. The normalized spacial score (nSPS) is 10.5. The number of nitrogens with two attached hydrogens (primary N) is 1. The molecule has 0 atom stereocenters. The van der Waals surface area contributed by atoms with Crippen LogP contribution in [0.4, 0.5) is 11.4 Å². The Hall–Kier alpha value is -2.73. The number of nitrogens with zero attached hydrogens (tertiary/aromatic N) is 1. The van der Waals surface area contributed by atoms with Gasteiger partial charge >= 0.3 is 5.97 Å². The zero-order chi connectivity index (χ0) is 19.3. The Balaban J connectivity index is 2.13. The van der Waals surface area contributed by atoms with Crippen LogP contribution in [-0.2, 0) is 9.53 Å². The maximum Gasteiger partial charge on any atom is 0.342 e. The minimum absolute atomic E-state index is 0.0934. The van der Waals surface area contributed by atoms with Crippen LogP contribution in [0.1, 0.15) is 24.2 Å². The number of esters is 1. The van der Waals surface area contributed by atoms with Crippen LogP contribution >= 0.6 is 11.6 Å². The van der Waals surface area contributed by atoms with Gasteiger partial charge in [0.1, 0.15) is 11.3 Å². The number of hydrogen-bond donors (Lipinski definition) is 1. The lowest BCUT2D eigenvalue weighted by Gasteiger charge is -2.26. The first-order valence-corrected chi connectivity index (χ1v) is 8.40. The van der Waals surface area contributed by atoms with Gasteiger partial charge < -0.3 is 20.1 Å². The van der Waals surface area contributed by atoms with Gasteiger partial charge in [0.05, 0.1) is 17.8 Å². The lowest BCUT2D eigenvalue weighted by atomic mass is 10.2. The fraction of sp³-hybridized carbons (Fsp3) is 0.263. The number of nitrogen functional groups attached to an aromatic ring is 1. The van der Waals surface area contributed by atoms with E-state index in [9.17, 15) is 9.59 Å². The number of para-hydroxylation sites is 1. The average Bonchev–Trinajstić information content (AvgIpc) is 2.62. The van der Waals surface area contributed by atoms with Gasteiger partial charge in [0, 0.05) is 17.8 Å². The maximum absolute atomic E-state index is 12.6. The number of anilines is 2. The zero-order valence-electron chi connectivity index (χ0n) is 14.9. The minimum Gasteiger partial charge on any atom is -0.496 e. The van der Waals surface area contributed by atoms with Gasteiger partial charge in [-0.3, -0.25) is 4.79 Å². The fourth-order valence-electron chi connectivity index (χ4n) is 2.49. The van der Waals surface area contributed by atoms with Crippen molar-refractivity contribution >= 4 is 34.9 Å². The summed E-state index contributed by atoms with van der Waals surface area (Å²) in [4.78, 5) is 26.5. The van der Waals surface area contributed by atoms with Crippen molar-refractivity contribution in [2.45, 2.75) is 19.9 Å². The molecule has 7 heteroatoms. The number of hydrogen-bond acceptors (Lipinski definition) is 5. The van der Waals surface area contributed by atoms with Gasteiger partial charge in [0.2, 0.25) is 0 Å². The SMILES string of the molecule is COc1cc(N)c(Cl)cc1C(=O)OCC(=O)N(c1ccccc1)C(C)C. The van der Waals surface area contributed by atoms with E-state index in [4.69, 9.17) is 26.8 Å². The lowest BCUT2D eigenvalue weighted by Crippen LogP contribution is -2.39. The topological polar surface area (TPSA) is 81.9 Å². The summed E-state index contributed by atoms with van der Waals surface area (Å²) in [5, 5.41) is 0.206. The monoisotopic (exact) mass is 376 g/mol. The smallest absolute Gasteiger partial charge is 0.342 e. The first-order valence-electron chi connectivity index (χ1n) is 8.02. The number of amides is 1. The van der Waals surface area contributed by atoms with Crippen LogP contribution in [0.3, 0.4) is 0 Å². The summed E-state index contributed by atoms with van der Waals surface area (Å²) in [7, 11) is 1.40. The largest absolute Gasteiger partial charge is 0.496 e. The molecule has 0 aromatic heterocycles. The Bertz CT molecular complexity index is 794. The van der Waals surface area contributed by atoms with Gasteiger partial charge in [-0.05, 0) is 32.0 Å². The van der Waals surface area contributed by atoms with Crippen LogP contribution in [-0.4, -0.2) is 31.6 Å². The first-order chi connectivity index (χ1) is 12.3. The van der Waals surface area contributed by atoms with Crippen molar-refractivity contribution in [3.8, 4) is 5.75 Å². The van der Waals surface area contributed by atoms with Gasteiger partial charge in [-0.25, -0.2) is 4.79 Å². The Morgan fingerprint density at radius 3 is 2.42 bits per heavy atom. The molecule has 26 heavy (non-hydrogen) atoms. The first kappa shape index (κ1) is 19.6. The molecule has 0 aliphatic rings. The number of benzene rings is 2. The highest BCUT2D eigenvalue weighted by Crippen LogP contribution is 2.29. The van der Waals surface area contributed by atoms with Crippen LogP contribution in [0.15, 0.2) is 42.5 Å². The predicted octanol–water partition coefficient (Wildman–Crippen LogP) is 3.53. The highest BCUT2D eigenvalue weighted by Gasteiger charge is 2.22. The van der Waals surface area contributed by atoms with Crippen LogP contribution in [0, 0.1) is 0 Å². The summed E-state index contributed by atoms with van der Waals surface area (Å²) in [5.41, 5.74) is 6.82. The molecular formula is C19H21ClN2O4. The second-order valence-corrected chi connectivity index (χ2v) is 6.25. The predicted molar refractivity (Wildman–Crippen MR) is 102 cm³/mol. The van der Waals surface area contributed by atoms with Gasteiger partial charge in [-0.2, -0.15) is 0 Å². The number of carbonyl (C=O) groups excluding carboxylic acids is 2. The zero-order valence-corrected chi connectivity index (χ0v) is 15.6. The summed E-state index contributed by atoms with van der Waals surface area (Å²) in [6.07, 6.45) is 0. The Morgan fingerprint density at radius 2 is 1.85 bits per heavy atom. The Morgan fingerprint density at radius 1 is 1.19 bits per heavy atom. The Kier molecular flexibility index (Phi) is 6.46. The molecule has 0 bridgehead atoms. The standard InChI is InChI=1S/C19H21ClN2O4/c1-12(2)22(13-7-5-4-6-8-13)18(23)11-26-19(24)14-9-15(20)16(21)10-17(14)25-3/h4-10,12H,11,21H2,1-3H3. The molecule has 0 radical (unpaired) electrons. The minimum atomic E-state index is -0.714. The molecule has 0 saturated heterocycles. The molecule has 1 amide bonds. The van der Waals surface area contributed by atoms with E-state index in [0.29, 0.717) is 0 Å². The van der Waals surface area contributed by atoms with E-state index >= 15 is 0 Å². The lowest BCUT2D eigenvalue weighted by molar-refractivity contribution is -0.122. The number of methoxy groups -OCH3 is 1. The van der Waals surface area contributed by atoms with Crippen molar-refractivity contribution in [3.05, 3.63) is 53.1 Å². The Labute approximate surface area is 157 Å². The summed E-state index contributed by atoms with van der Waals surface area (Å²) in [5.74, 6) is -0.818. The van der Waals surface area contributed by atoms with Crippen LogP contribution < -0.4 is 15.4 Å². The van der Waals surface area contributed by atoms with E-state index in [1.165, 1.54) is 19.2 Å². The summed E-state index contributed by atoms with van der Waals surface area (Å²) < 4.78 is 10.3. The van der Waals surface area contributed by atoms with Gasteiger partial charge in [0.25, 0.3) is 5.91 Å². The van der Waals surface area contributed by atoms with Crippen molar-refractivity contribution in [1.82, 2.24) is 0 Å². The summed E-state index contributed by atoms with van der Waals surface area (Å²) >= 11 is 5.96. The third-order valence-electron chi connectivity index (χ3n) is 3.68. The molecule has 0 unspecified atom stereocenters. The van der Waals surface area contributed by atoms with E-state index in [-0.39, 0.29) is 34.0 Å². The van der Waals surface area contributed by atoms with E-state index in [2.05, 4.69) is 0 Å². The van der Waals surface area contributed by atoms with Gasteiger partial charge in [-0.1, -0.05) is 29.8 Å².